The maximum atomic E-state index is 12.6. The van der Waals surface area contributed by atoms with E-state index in [1.807, 2.05) is 0 Å². The highest BCUT2D eigenvalue weighted by atomic mass is 32.2. The third-order valence-corrected chi connectivity index (χ3v) is 6.49. The fraction of sp³-hybridized carbons (Fsp3) is 0.316. The summed E-state index contributed by atoms with van der Waals surface area (Å²) in [7, 11) is -2.37. The zero-order valence-electron chi connectivity index (χ0n) is 17.1. The highest BCUT2D eigenvalue weighted by Gasteiger charge is 2.25. The first-order valence-electron chi connectivity index (χ1n) is 9.11. The van der Waals surface area contributed by atoms with Crippen LogP contribution in [0.4, 0.5) is 11.4 Å². The monoisotopic (exact) mass is 436 g/mol. The molecule has 2 aromatic carbocycles. The van der Waals surface area contributed by atoms with Crippen molar-refractivity contribution in [2.24, 2.45) is 5.10 Å². The smallest absolute Gasteiger partial charge is 0.295 e. The zero-order valence-corrected chi connectivity index (χ0v) is 17.9. The van der Waals surface area contributed by atoms with Gasteiger partial charge in [-0.05, 0) is 31.2 Å². The Bertz CT molecular complexity index is 1060. The van der Waals surface area contributed by atoms with E-state index in [2.05, 4.69) is 10.5 Å². The van der Waals surface area contributed by atoms with E-state index < -0.39 is 20.6 Å². The van der Waals surface area contributed by atoms with Crippen molar-refractivity contribution < 1.29 is 23.2 Å². The van der Waals surface area contributed by atoms with Gasteiger partial charge in [-0.25, -0.2) is 8.42 Å². The van der Waals surface area contributed by atoms with E-state index in [4.69, 9.17) is 4.74 Å². The van der Waals surface area contributed by atoms with Crippen LogP contribution in [0.3, 0.4) is 0 Å². The van der Waals surface area contributed by atoms with Crippen LogP contribution in [0.2, 0.25) is 0 Å². The number of hydrogen-bond donors (Lipinski definition) is 2. The molecule has 0 unspecified atom stereocenters. The average Bonchev–Trinajstić information content (AvgIpc) is 2.72. The number of phenolic OH excluding ortho intramolecular Hbond substituents is 1. The van der Waals surface area contributed by atoms with Crippen LogP contribution < -0.4 is 10.2 Å². The molecule has 11 heteroatoms. The number of rotatable bonds is 9. The molecule has 0 amide bonds. The molecular formula is C19H24N4O6S. The van der Waals surface area contributed by atoms with E-state index >= 15 is 0 Å². The summed E-state index contributed by atoms with van der Waals surface area (Å²) in [5, 5.41) is 25.7. The van der Waals surface area contributed by atoms with Crippen molar-refractivity contribution in [3.63, 3.8) is 0 Å². The van der Waals surface area contributed by atoms with Crippen LogP contribution in [-0.2, 0) is 10.0 Å². The van der Waals surface area contributed by atoms with E-state index in [-0.39, 0.29) is 29.4 Å². The third kappa shape index (κ3) is 4.86. The Kier molecular flexibility index (Phi) is 7.35. The molecule has 0 aliphatic rings. The molecule has 2 rings (SSSR count). The molecule has 0 heterocycles. The Hall–Kier alpha value is -3.18. The zero-order chi connectivity index (χ0) is 22.5. The Labute approximate surface area is 175 Å². The minimum absolute atomic E-state index is 0.0193. The second-order valence-corrected chi connectivity index (χ2v) is 8.16. The first kappa shape index (κ1) is 23.1. The van der Waals surface area contributed by atoms with Gasteiger partial charge in [-0.3, -0.25) is 15.5 Å². The van der Waals surface area contributed by atoms with E-state index in [9.17, 15) is 23.6 Å². The van der Waals surface area contributed by atoms with Crippen LogP contribution in [0.15, 0.2) is 46.4 Å². The van der Waals surface area contributed by atoms with Gasteiger partial charge in [0.2, 0.25) is 10.0 Å². The molecular weight excluding hydrogens is 412 g/mol. The van der Waals surface area contributed by atoms with E-state index in [0.717, 1.165) is 6.07 Å². The standard InChI is InChI=1S/C19H24N4O6S/c1-5-22(6-2)30(27,28)15-8-10-17(18(12-15)23(25)26)21-20-13(3)16-9-7-14(29-4)11-19(16)24/h7-12,21,24H,5-6H2,1-4H3. The summed E-state index contributed by atoms with van der Waals surface area (Å²) in [6.07, 6.45) is 0. The molecule has 2 N–H and O–H groups in total. The number of nitro groups is 1. The van der Waals surface area contributed by atoms with Gasteiger partial charge in [-0.15, -0.1) is 0 Å². The van der Waals surface area contributed by atoms with E-state index in [0.29, 0.717) is 17.0 Å². The quantitative estimate of drug-likeness (QED) is 0.350. The van der Waals surface area contributed by atoms with Crippen molar-refractivity contribution in [3.8, 4) is 11.5 Å². The van der Waals surface area contributed by atoms with Gasteiger partial charge in [0.1, 0.15) is 17.2 Å². The van der Waals surface area contributed by atoms with Crippen LogP contribution in [-0.4, -0.2) is 48.7 Å². The van der Waals surface area contributed by atoms with Crippen molar-refractivity contribution in [1.82, 2.24) is 4.31 Å². The minimum atomic E-state index is -3.84. The predicted octanol–water partition coefficient (Wildman–Crippen LogP) is 3.18. The molecule has 0 aromatic heterocycles. The fourth-order valence-electron chi connectivity index (χ4n) is 2.78. The van der Waals surface area contributed by atoms with Crippen molar-refractivity contribution in [3.05, 3.63) is 52.1 Å². The van der Waals surface area contributed by atoms with Gasteiger partial charge in [-0.1, -0.05) is 13.8 Å². The van der Waals surface area contributed by atoms with Gasteiger partial charge < -0.3 is 9.84 Å². The molecule has 0 aliphatic carbocycles. The first-order valence-corrected chi connectivity index (χ1v) is 10.6. The van der Waals surface area contributed by atoms with Gasteiger partial charge in [0.05, 0.1) is 22.6 Å². The molecule has 30 heavy (non-hydrogen) atoms. The normalized spacial score (nSPS) is 12.1. The number of nitrogens with zero attached hydrogens (tertiary/aromatic N) is 3. The van der Waals surface area contributed by atoms with E-state index in [1.165, 1.54) is 29.6 Å². The number of hydrogen-bond acceptors (Lipinski definition) is 8. The van der Waals surface area contributed by atoms with Crippen molar-refractivity contribution in [2.75, 3.05) is 25.6 Å². The highest BCUT2D eigenvalue weighted by molar-refractivity contribution is 7.89. The molecule has 2 aromatic rings. The fourth-order valence-corrected chi connectivity index (χ4v) is 4.26. The molecule has 0 bridgehead atoms. The van der Waals surface area contributed by atoms with E-state index in [1.54, 1.807) is 32.9 Å². The number of sulfonamides is 1. The van der Waals surface area contributed by atoms with Crippen molar-refractivity contribution >= 4 is 27.1 Å². The molecule has 0 aliphatic heterocycles. The number of aromatic hydroxyl groups is 1. The van der Waals surface area contributed by atoms with Crippen LogP contribution in [0.25, 0.3) is 0 Å². The number of hydrazone groups is 1. The highest BCUT2D eigenvalue weighted by Crippen LogP contribution is 2.30. The average molecular weight is 436 g/mol. The predicted molar refractivity (Wildman–Crippen MR) is 114 cm³/mol. The van der Waals surface area contributed by atoms with Gasteiger partial charge in [0.15, 0.2) is 0 Å². The summed E-state index contributed by atoms with van der Waals surface area (Å²) >= 11 is 0. The lowest BCUT2D eigenvalue weighted by Gasteiger charge is -2.18. The van der Waals surface area contributed by atoms with Gasteiger partial charge in [-0.2, -0.15) is 9.41 Å². The Balaban J connectivity index is 2.39. The lowest BCUT2D eigenvalue weighted by atomic mass is 10.1. The van der Waals surface area contributed by atoms with Crippen molar-refractivity contribution in [1.29, 1.82) is 0 Å². The number of phenols is 1. The summed E-state index contributed by atoms with van der Waals surface area (Å²) in [5.41, 5.74) is 2.94. The summed E-state index contributed by atoms with van der Waals surface area (Å²) in [6.45, 7) is 5.50. The topological polar surface area (TPSA) is 134 Å². The Morgan fingerprint density at radius 3 is 2.43 bits per heavy atom. The summed E-state index contributed by atoms with van der Waals surface area (Å²) in [6, 6.07) is 8.25. The molecule has 0 atom stereocenters. The molecule has 0 saturated carbocycles. The van der Waals surface area contributed by atoms with Crippen LogP contribution >= 0.6 is 0 Å². The maximum absolute atomic E-state index is 12.6. The lowest BCUT2D eigenvalue weighted by Crippen LogP contribution is -2.30. The number of nitro benzene ring substituents is 1. The number of methoxy groups -OCH3 is 1. The maximum Gasteiger partial charge on any atom is 0.295 e. The SMILES string of the molecule is CCN(CC)S(=O)(=O)c1ccc(NN=C(C)c2ccc(OC)cc2O)c([N+](=O)[O-])c1. The number of benzene rings is 2. The van der Waals surface area contributed by atoms with Crippen molar-refractivity contribution in [2.45, 2.75) is 25.7 Å². The Morgan fingerprint density at radius 1 is 1.23 bits per heavy atom. The minimum Gasteiger partial charge on any atom is -0.507 e. The Morgan fingerprint density at radius 2 is 1.90 bits per heavy atom. The third-order valence-electron chi connectivity index (χ3n) is 4.45. The van der Waals surface area contributed by atoms with Crippen LogP contribution in [0, 0.1) is 10.1 Å². The molecule has 0 radical (unpaired) electrons. The van der Waals surface area contributed by atoms with Crippen LogP contribution in [0.5, 0.6) is 11.5 Å². The largest absolute Gasteiger partial charge is 0.507 e. The summed E-state index contributed by atoms with van der Waals surface area (Å²) < 4.78 is 31.5. The molecule has 0 saturated heterocycles. The molecule has 10 nitrogen and oxygen atoms in total. The van der Waals surface area contributed by atoms with Gasteiger partial charge in [0.25, 0.3) is 5.69 Å². The summed E-state index contributed by atoms with van der Waals surface area (Å²) in [4.78, 5) is 10.7. The van der Waals surface area contributed by atoms with Crippen LogP contribution in [0.1, 0.15) is 26.3 Å². The summed E-state index contributed by atoms with van der Waals surface area (Å²) in [5.74, 6) is 0.408. The lowest BCUT2D eigenvalue weighted by molar-refractivity contribution is -0.384. The second kappa shape index (κ2) is 9.55. The first-order chi connectivity index (χ1) is 14.1. The van der Waals surface area contributed by atoms with Gasteiger partial charge in [0, 0.05) is 30.8 Å². The number of nitrogens with one attached hydrogen (secondary N) is 1. The number of ether oxygens (including phenoxy) is 1. The second-order valence-electron chi connectivity index (χ2n) is 6.22. The molecule has 162 valence electrons. The van der Waals surface area contributed by atoms with Gasteiger partial charge >= 0.3 is 0 Å². The molecule has 0 fully saturated rings. The number of anilines is 1. The molecule has 0 spiro atoms.